The smallest absolute Gasteiger partial charge is 0.0677 e. The standard InChI is InChI=1S/C11H11ClO/c12-9-6-4-8(5-7-9)10-2-1-3-11(10)13/h1-2,4-7,10-11,13H,3H2/t10-,11+/m1/s1. The van der Waals surface area contributed by atoms with Gasteiger partial charge < -0.3 is 5.11 Å². The lowest BCUT2D eigenvalue weighted by molar-refractivity contribution is 0.171. The van der Waals surface area contributed by atoms with E-state index < -0.39 is 0 Å². The highest BCUT2D eigenvalue weighted by Crippen LogP contribution is 2.29. The zero-order valence-corrected chi connectivity index (χ0v) is 7.91. The molecule has 0 heterocycles. The van der Waals surface area contributed by atoms with Crippen molar-refractivity contribution in [3.05, 3.63) is 47.0 Å². The summed E-state index contributed by atoms with van der Waals surface area (Å²) in [4.78, 5) is 0. The molecule has 2 rings (SSSR count). The van der Waals surface area contributed by atoms with E-state index in [2.05, 4.69) is 0 Å². The highest BCUT2D eigenvalue weighted by molar-refractivity contribution is 6.30. The molecule has 0 bridgehead atoms. The predicted octanol–water partition coefficient (Wildman–Crippen LogP) is 2.74. The van der Waals surface area contributed by atoms with Crippen LogP contribution in [0.2, 0.25) is 5.02 Å². The van der Waals surface area contributed by atoms with Crippen LogP contribution in [0.25, 0.3) is 0 Å². The van der Waals surface area contributed by atoms with Crippen LogP contribution in [0.3, 0.4) is 0 Å². The zero-order valence-electron chi connectivity index (χ0n) is 7.15. The second-order valence-corrected chi connectivity index (χ2v) is 3.74. The second kappa shape index (κ2) is 3.52. The molecule has 1 aliphatic rings. The monoisotopic (exact) mass is 194 g/mol. The third-order valence-corrected chi connectivity index (χ3v) is 2.64. The van der Waals surface area contributed by atoms with Crippen LogP contribution in [-0.2, 0) is 0 Å². The van der Waals surface area contributed by atoms with Crippen molar-refractivity contribution in [3.63, 3.8) is 0 Å². The van der Waals surface area contributed by atoms with E-state index in [4.69, 9.17) is 11.6 Å². The van der Waals surface area contributed by atoms with E-state index >= 15 is 0 Å². The van der Waals surface area contributed by atoms with Crippen LogP contribution in [-0.4, -0.2) is 11.2 Å². The van der Waals surface area contributed by atoms with E-state index in [1.807, 2.05) is 36.4 Å². The Morgan fingerprint density at radius 3 is 2.46 bits per heavy atom. The number of hydrogen-bond donors (Lipinski definition) is 1. The Morgan fingerprint density at radius 1 is 1.23 bits per heavy atom. The van der Waals surface area contributed by atoms with E-state index in [0.717, 1.165) is 17.0 Å². The number of rotatable bonds is 1. The molecular formula is C11H11ClO. The maximum atomic E-state index is 9.62. The highest BCUT2D eigenvalue weighted by Gasteiger charge is 2.21. The van der Waals surface area contributed by atoms with Gasteiger partial charge in [0.2, 0.25) is 0 Å². The highest BCUT2D eigenvalue weighted by atomic mass is 35.5. The summed E-state index contributed by atoms with van der Waals surface area (Å²) in [6.07, 6.45) is 4.56. The Balaban J connectivity index is 2.25. The Labute approximate surface area is 82.7 Å². The SMILES string of the molecule is O[C@H]1CC=C[C@@H]1c1ccc(Cl)cc1. The molecule has 1 aliphatic carbocycles. The van der Waals surface area contributed by atoms with Crippen molar-refractivity contribution in [2.75, 3.05) is 0 Å². The third-order valence-electron chi connectivity index (χ3n) is 2.39. The summed E-state index contributed by atoms with van der Waals surface area (Å²) in [6.45, 7) is 0. The Bertz CT molecular complexity index is 315. The molecule has 1 aromatic rings. The van der Waals surface area contributed by atoms with E-state index in [9.17, 15) is 5.11 Å². The van der Waals surface area contributed by atoms with Gasteiger partial charge in [-0.05, 0) is 24.1 Å². The number of aliphatic hydroxyl groups is 1. The van der Waals surface area contributed by atoms with E-state index in [1.165, 1.54) is 0 Å². The lowest BCUT2D eigenvalue weighted by Crippen LogP contribution is -2.11. The van der Waals surface area contributed by atoms with Crippen LogP contribution < -0.4 is 0 Å². The van der Waals surface area contributed by atoms with Gasteiger partial charge in [-0.15, -0.1) is 0 Å². The molecule has 0 aliphatic heterocycles. The van der Waals surface area contributed by atoms with Gasteiger partial charge >= 0.3 is 0 Å². The molecule has 13 heavy (non-hydrogen) atoms. The minimum Gasteiger partial charge on any atom is -0.392 e. The second-order valence-electron chi connectivity index (χ2n) is 3.31. The van der Waals surface area contributed by atoms with Gasteiger partial charge in [0, 0.05) is 10.9 Å². The summed E-state index contributed by atoms with van der Waals surface area (Å²) in [5, 5.41) is 10.4. The molecule has 1 nitrogen and oxygen atoms in total. The Kier molecular flexibility index (Phi) is 2.38. The quantitative estimate of drug-likeness (QED) is 0.682. The van der Waals surface area contributed by atoms with Crippen molar-refractivity contribution in [2.45, 2.75) is 18.4 Å². The first-order valence-corrected chi connectivity index (χ1v) is 4.75. The van der Waals surface area contributed by atoms with Gasteiger partial charge in [-0.2, -0.15) is 0 Å². The molecule has 0 aromatic heterocycles. The molecule has 2 heteroatoms. The molecule has 2 atom stereocenters. The third kappa shape index (κ3) is 1.77. The largest absolute Gasteiger partial charge is 0.392 e. The van der Waals surface area contributed by atoms with Gasteiger partial charge in [-0.25, -0.2) is 0 Å². The zero-order chi connectivity index (χ0) is 9.26. The maximum absolute atomic E-state index is 9.62. The lowest BCUT2D eigenvalue weighted by Gasteiger charge is -2.13. The van der Waals surface area contributed by atoms with Gasteiger partial charge in [0.25, 0.3) is 0 Å². The number of halogens is 1. The summed E-state index contributed by atoms with van der Waals surface area (Å²) in [7, 11) is 0. The van der Waals surface area contributed by atoms with Crippen molar-refractivity contribution in [1.82, 2.24) is 0 Å². The minimum atomic E-state index is -0.263. The van der Waals surface area contributed by atoms with Crippen LogP contribution in [0.1, 0.15) is 17.9 Å². The maximum Gasteiger partial charge on any atom is 0.0677 e. The fourth-order valence-corrected chi connectivity index (χ4v) is 1.78. The average molecular weight is 195 g/mol. The van der Waals surface area contributed by atoms with Crippen molar-refractivity contribution >= 4 is 11.6 Å². The number of aliphatic hydroxyl groups excluding tert-OH is 1. The topological polar surface area (TPSA) is 20.2 Å². The van der Waals surface area contributed by atoms with Crippen molar-refractivity contribution in [2.24, 2.45) is 0 Å². The van der Waals surface area contributed by atoms with Gasteiger partial charge in [0.05, 0.1) is 6.10 Å². The average Bonchev–Trinajstić information content (AvgIpc) is 2.53. The molecule has 0 saturated carbocycles. The first-order chi connectivity index (χ1) is 6.27. The van der Waals surface area contributed by atoms with Gasteiger partial charge in [0.15, 0.2) is 0 Å². The van der Waals surface area contributed by atoms with Crippen LogP contribution in [0, 0.1) is 0 Å². The number of benzene rings is 1. The predicted molar refractivity (Wildman–Crippen MR) is 54.0 cm³/mol. The summed E-state index contributed by atoms with van der Waals surface area (Å²) in [5.74, 6) is 0.150. The molecule has 1 aromatic carbocycles. The fourth-order valence-electron chi connectivity index (χ4n) is 1.66. The van der Waals surface area contributed by atoms with E-state index in [0.29, 0.717) is 0 Å². The summed E-state index contributed by atoms with van der Waals surface area (Å²) < 4.78 is 0. The summed E-state index contributed by atoms with van der Waals surface area (Å²) in [6, 6.07) is 7.64. The number of hydrogen-bond acceptors (Lipinski definition) is 1. The van der Waals surface area contributed by atoms with Crippen LogP contribution >= 0.6 is 11.6 Å². The molecule has 0 fully saturated rings. The lowest BCUT2D eigenvalue weighted by atomic mass is 9.97. The molecule has 0 unspecified atom stereocenters. The Morgan fingerprint density at radius 2 is 1.92 bits per heavy atom. The summed E-state index contributed by atoms with van der Waals surface area (Å²) >= 11 is 5.77. The molecular weight excluding hydrogens is 184 g/mol. The molecule has 0 spiro atoms. The van der Waals surface area contributed by atoms with Crippen molar-refractivity contribution in [3.8, 4) is 0 Å². The molecule has 68 valence electrons. The van der Waals surface area contributed by atoms with Gasteiger partial charge in [0.1, 0.15) is 0 Å². The first-order valence-electron chi connectivity index (χ1n) is 4.37. The van der Waals surface area contributed by atoms with E-state index in [1.54, 1.807) is 0 Å². The first kappa shape index (κ1) is 8.79. The molecule has 0 saturated heterocycles. The Hall–Kier alpha value is -0.790. The normalized spacial score (nSPS) is 26.6. The van der Waals surface area contributed by atoms with Crippen molar-refractivity contribution < 1.29 is 5.11 Å². The van der Waals surface area contributed by atoms with Crippen LogP contribution in [0.15, 0.2) is 36.4 Å². The van der Waals surface area contributed by atoms with Crippen LogP contribution in [0.4, 0.5) is 0 Å². The minimum absolute atomic E-state index is 0.150. The van der Waals surface area contributed by atoms with Crippen molar-refractivity contribution in [1.29, 1.82) is 0 Å². The van der Waals surface area contributed by atoms with Gasteiger partial charge in [-0.1, -0.05) is 35.9 Å². The summed E-state index contributed by atoms with van der Waals surface area (Å²) in [5.41, 5.74) is 1.13. The van der Waals surface area contributed by atoms with Gasteiger partial charge in [-0.3, -0.25) is 0 Å². The molecule has 1 N–H and O–H groups in total. The molecule has 0 amide bonds. The fraction of sp³-hybridized carbons (Fsp3) is 0.273. The molecule has 0 radical (unpaired) electrons. The van der Waals surface area contributed by atoms with E-state index in [-0.39, 0.29) is 12.0 Å². The van der Waals surface area contributed by atoms with Crippen LogP contribution in [0.5, 0.6) is 0 Å².